The second-order valence-electron chi connectivity index (χ2n) is 9.25. The highest BCUT2D eigenvalue weighted by atomic mass is 32.2. The number of rotatable bonds is 16. The van der Waals surface area contributed by atoms with E-state index in [-0.39, 0.29) is 9.79 Å². The summed E-state index contributed by atoms with van der Waals surface area (Å²) in [5, 5.41) is 1.24. The zero-order valence-corrected chi connectivity index (χ0v) is 22.2. The number of fused-ring (bicyclic) bond motifs is 1. The maximum Gasteiger partial charge on any atom is 0.294 e. The Morgan fingerprint density at radius 3 is 1.18 bits per heavy atom. The van der Waals surface area contributed by atoms with E-state index in [1.807, 2.05) is 0 Å². The van der Waals surface area contributed by atoms with Crippen LogP contribution in [0.4, 0.5) is 0 Å². The van der Waals surface area contributed by atoms with Gasteiger partial charge >= 0.3 is 0 Å². The molecular weight excluding hydrogens is 472 g/mol. The van der Waals surface area contributed by atoms with Gasteiger partial charge in [0.25, 0.3) is 20.2 Å². The summed E-state index contributed by atoms with van der Waals surface area (Å²) in [6, 6.07) is 5.73. The third-order valence-corrected chi connectivity index (χ3v) is 8.05. The summed E-state index contributed by atoms with van der Waals surface area (Å²) < 4.78 is 67.5. The van der Waals surface area contributed by atoms with Gasteiger partial charge in [-0.15, -0.1) is 0 Å². The van der Waals surface area contributed by atoms with Gasteiger partial charge in [0.05, 0.1) is 9.79 Å². The molecule has 192 valence electrons. The number of benzene rings is 2. The van der Waals surface area contributed by atoms with E-state index in [9.17, 15) is 25.9 Å². The molecule has 0 aliphatic heterocycles. The maximum absolute atomic E-state index is 12.0. The van der Waals surface area contributed by atoms with E-state index in [2.05, 4.69) is 13.8 Å². The molecular formula is C26H40O6S2. The Morgan fingerprint density at radius 1 is 0.529 bits per heavy atom. The summed E-state index contributed by atoms with van der Waals surface area (Å²) in [5.41, 5.74) is 1.35. The van der Waals surface area contributed by atoms with Crippen molar-refractivity contribution in [3.05, 3.63) is 35.4 Å². The van der Waals surface area contributed by atoms with E-state index in [0.29, 0.717) is 34.7 Å². The molecule has 2 aromatic rings. The molecule has 0 saturated carbocycles. The molecule has 0 heterocycles. The topological polar surface area (TPSA) is 109 Å². The van der Waals surface area contributed by atoms with Gasteiger partial charge < -0.3 is 0 Å². The lowest BCUT2D eigenvalue weighted by Crippen LogP contribution is -2.04. The van der Waals surface area contributed by atoms with Gasteiger partial charge in [0.1, 0.15) is 0 Å². The lowest BCUT2D eigenvalue weighted by molar-refractivity contribution is 0.480. The van der Waals surface area contributed by atoms with Crippen molar-refractivity contribution in [2.75, 3.05) is 0 Å². The summed E-state index contributed by atoms with van der Waals surface area (Å²) in [6.07, 6.45) is 13.9. The molecule has 0 saturated heterocycles. The van der Waals surface area contributed by atoms with E-state index >= 15 is 0 Å². The zero-order valence-electron chi connectivity index (χ0n) is 20.6. The molecule has 0 unspecified atom stereocenters. The van der Waals surface area contributed by atoms with E-state index in [1.54, 1.807) is 0 Å². The minimum Gasteiger partial charge on any atom is -0.282 e. The first-order valence-corrected chi connectivity index (χ1v) is 15.5. The highest BCUT2D eigenvalue weighted by molar-refractivity contribution is 7.86. The quantitative estimate of drug-likeness (QED) is 0.183. The SMILES string of the molecule is CCCCCCCCc1cc(S(=O)(=O)O)cc2c(CCCCCCCC)cc(S(=O)(=O)O)cc12. The molecule has 34 heavy (non-hydrogen) atoms. The molecule has 0 bridgehead atoms. The average Bonchev–Trinajstić information content (AvgIpc) is 2.76. The third kappa shape index (κ3) is 8.95. The molecule has 2 N–H and O–H groups in total. The Hall–Kier alpha value is -1.48. The van der Waals surface area contributed by atoms with Crippen LogP contribution < -0.4 is 0 Å². The first-order valence-electron chi connectivity index (χ1n) is 12.6. The van der Waals surface area contributed by atoms with Gasteiger partial charge in [0.2, 0.25) is 0 Å². The second kappa shape index (κ2) is 13.6. The Balaban J connectivity index is 2.44. The normalized spacial score (nSPS) is 12.5. The van der Waals surface area contributed by atoms with Crippen LogP contribution >= 0.6 is 0 Å². The van der Waals surface area contributed by atoms with E-state index in [1.165, 1.54) is 37.1 Å². The van der Waals surface area contributed by atoms with Crippen molar-refractivity contribution in [3.8, 4) is 0 Å². The van der Waals surface area contributed by atoms with Crippen LogP contribution in [-0.4, -0.2) is 25.9 Å². The monoisotopic (exact) mass is 512 g/mol. The lowest BCUT2D eigenvalue weighted by Gasteiger charge is -2.15. The summed E-state index contributed by atoms with van der Waals surface area (Å²) >= 11 is 0. The summed E-state index contributed by atoms with van der Waals surface area (Å²) in [6.45, 7) is 4.31. The summed E-state index contributed by atoms with van der Waals surface area (Å²) in [5.74, 6) is 0. The highest BCUT2D eigenvalue weighted by Gasteiger charge is 2.19. The highest BCUT2D eigenvalue weighted by Crippen LogP contribution is 2.32. The summed E-state index contributed by atoms with van der Waals surface area (Å²) in [4.78, 5) is -0.352. The molecule has 6 nitrogen and oxygen atoms in total. The van der Waals surface area contributed by atoms with Crippen LogP contribution in [0.5, 0.6) is 0 Å². The Morgan fingerprint density at radius 2 is 0.853 bits per heavy atom. The van der Waals surface area contributed by atoms with Crippen LogP contribution in [0.3, 0.4) is 0 Å². The van der Waals surface area contributed by atoms with Gasteiger partial charge in [-0.1, -0.05) is 78.1 Å². The molecule has 0 amide bonds. The van der Waals surface area contributed by atoms with Crippen molar-refractivity contribution < 1.29 is 25.9 Å². The smallest absolute Gasteiger partial charge is 0.282 e. The molecule has 0 spiro atoms. The minimum absolute atomic E-state index is 0.176. The number of unbranched alkanes of at least 4 members (excludes halogenated alkanes) is 10. The number of aryl methyl sites for hydroxylation is 2. The van der Waals surface area contributed by atoms with Crippen LogP contribution in [0, 0.1) is 0 Å². The Bertz CT molecular complexity index is 1050. The molecule has 0 radical (unpaired) electrons. The van der Waals surface area contributed by atoms with Gasteiger partial charge in [-0.05, 0) is 71.8 Å². The maximum atomic E-state index is 12.0. The summed E-state index contributed by atoms with van der Waals surface area (Å²) in [7, 11) is -8.84. The number of hydrogen-bond acceptors (Lipinski definition) is 4. The molecule has 2 rings (SSSR count). The van der Waals surface area contributed by atoms with Gasteiger partial charge in [-0.3, -0.25) is 9.11 Å². The minimum atomic E-state index is -4.42. The number of hydrogen-bond donors (Lipinski definition) is 2. The van der Waals surface area contributed by atoms with Crippen molar-refractivity contribution in [2.24, 2.45) is 0 Å². The first-order chi connectivity index (χ1) is 16.1. The zero-order chi connectivity index (χ0) is 25.2. The lowest BCUT2D eigenvalue weighted by atomic mass is 9.94. The van der Waals surface area contributed by atoms with Crippen LogP contribution in [0.15, 0.2) is 34.1 Å². The molecule has 0 atom stereocenters. The van der Waals surface area contributed by atoms with E-state index in [4.69, 9.17) is 0 Å². The van der Waals surface area contributed by atoms with Crippen molar-refractivity contribution >= 4 is 31.0 Å². The van der Waals surface area contributed by atoms with Crippen LogP contribution in [0.2, 0.25) is 0 Å². The van der Waals surface area contributed by atoms with Crippen LogP contribution in [0.25, 0.3) is 10.8 Å². The molecule has 0 aliphatic rings. The molecule has 2 aromatic carbocycles. The Labute approximate surface area is 205 Å². The van der Waals surface area contributed by atoms with Crippen LogP contribution in [-0.2, 0) is 33.1 Å². The fraction of sp³-hybridized carbons (Fsp3) is 0.615. The average molecular weight is 513 g/mol. The molecule has 0 aromatic heterocycles. The van der Waals surface area contributed by atoms with Crippen LogP contribution in [0.1, 0.15) is 102 Å². The standard InChI is InChI=1S/C26H40O6S2/c1-3-5-7-9-11-13-15-21-17-23(33(27,28)29)20-26-22(16-14-12-10-8-6-4-2)18-24(19-25(21)26)34(30,31)32/h17-20H,3-16H2,1-2H3,(H,27,28,29)(H,30,31,32). The van der Waals surface area contributed by atoms with Gasteiger partial charge in [-0.25, -0.2) is 0 Å². The fourth-order valence-electron chi connectivity index (χ4n) is 4.46. The van der Waals surface area contributed by atoms with Crippen molar-refractivity contribution in [1.82, 2.24) is 0 Å². The Kier molecular flexibility index (Phi) is 11.5. The predicted molar refractivity (Wildman–Crippen MR) is 138 cm³/mol. The molecule has 0 fully saturated rings. The fourth-order valence-corrected chi connectivity index (χ4v) is 5.57. The van der Waals surface area contributed by atoms with E-state index < -0.39 is 20.2 Å². The molecule has 8 heteroatoms. The van der Waals surface area contributed by atoms with Crippen molar-refractivity contribution in [1.29, 1.82) is 0 Å². The largest absolute Gasteiger partial charge is 0.294 e. The first kappa shape index (κ1) is 28.8. The van der Waals surface area contributed by atoms with Gasteiger partial charge in [0, 0.05) is 0 Å². The second-order valence-corrected chi connectivity index (χ2v) is 12.1. The van der Waals surface area contributed by atoms with Gasteiger partial charge in [-0.2, -0.15) is 16.8 Å². The molecule has 0 aliphatic carbocycles. The van der Waals surface area contributed by atoms with Gasteiger partial charge in [0.15, 0.2) is 0 Å². The predicted octanol–water partition coefficient (Wildman–Crippen LogP) is 7.14. The third-order valence-electron chi connectivity index (χ3n) is 6.38. The van der Waals surface area contributed by atoms with Crippen molar-refractivity contribution in [2.45, 2.75) is 114 Å². The van der Waals surface area contributed by atoms with Crippen molar-refractivity contribution in [3.63, 3.8) is 0 Å². The van der Waals surface area contributed by atoms with E-state index in [0.717, 1.165) is 64.2 Å².